The van der Waals surface area contributed by atoms with Crippen molar-refractivity contribution >= 4 is 11.0 Å². The predicted octanol–water partition coefficient (Wildman–Crippen LogP) is 3.96. The van der Waals surface area contributed by atoms with E-state index in [0.717, 1.165) is 29.9 Å². The van der Waals surface area contributed by atoms with E-state index in [-0.39, 0.29) is 18.2 Å². The summed E-state index contributed by atoms with van der Waals surface area (Å²) >= 11 is 0. The van der Waals surface area contributed by atoms with E-state index in [9.17, 15) is 15.0 Å². The van der Waals surface area contributed by atoms with Gasteiger partial charge in [0.25, 0.3) is 5.56 Å². The summed E-state index contributed by atoms with van der Waals surface area (Å²) in [6.07, 6.45) is 14.1. The smallest absolute Gasteiger partial charge is 0.272 e. The molecule has 4 atom stereocenters. The molecule has 2 aromatic rings. The normalized spacial score (nSPS) is 28.0. The molecule has 2 bridgehead atoms. The average Bonchev–Trinajstić information content (AvgIpc) is 3.06. The zero-order valence-corrected chi connectivity index (χ0v) is 19.7. The van der Waals surface area contributed by atoms with E-state index in [0.29, 0.717) is 30.6 Å². The van der Waals surface area contributed by atoms with Crippen LogP contribution in [-0.4, -0.2) is 55.5 Å². The molecule has 2 N–H and O–H groups in total. The van der Waals surface area contributed by atoms with Crippen molar-refractivity contribution in [2.24, 2.45) is 0 Å². The maximum atomic E-state index is 13.6. The van der Waals surface area contributed by atoms with Crippen molar-refractivity contribution in [2.75, 3.05) is 6.61 Å². The van der Waals surface area contributed by atoms with Crippen LogP contribution < -0.4 is 5.56 Å². The van der Waals surface area contributed by atoms with Gasteiger partial charge in [0.15, 0.2) is 0 Å². The van der Waals surface area contributed by atoms with Crippen LogP contribution in [0.2, 0.25) is 0 Å². The van der Waals surface area contributed by atoms with Gasteiger partial charge in [-0.15, -0.1) is 0 Å². The Morgan fingerprint density at radius 2 is 1.58 bits per heavy atom. The summed E-state index contributed by atoms with van der Waals surface area (Å²) in [5.41, 5.74) is 2.27. The number of para-hydroxylation sites is 2. The lowest BCUT2D eigenvalue weighted by molar-refractivity contribution is 0.0496. The Morgan fingerprint density at radius 1 is 0.909 bits per heavy atom. The van der Waals surface area contributed by atoms with Gasteiger partial charge in [0.1, 0.15) is 5.69 Å². The highest BCUT2D eigenvalue weighted by Crippen LogP contribution is 2.44. The van der Waals surface area contributed by atoms with E-state index in [1.165, 1.54) is 57.8 Å². The van der Waals surface area contributed by atoms with Crippen molar-refractivity contribution in [2.45, 2.75) is 114 Å². The van der Waals surface area contributed by atoms with Crippen LogP contribution in [-0.2, 0) is 6.42 Å². The third-order valence-electron chi connectivity index (χ3n) is 8.41. The summed E-state index contributed by atoms with van der Waals surface area (Å²) in [6.45, 7) is -0.287. The number of aliphatic hydroxyl groups is 2. The Balaban J connectivity index is 1.43. The summed E-state index contributed by atoms with van der Waals surface area (Å²) < 4.78 is 2.03. The molecule has 33 heavy (non-hydrogen) atoms. The van der Waals surface area contributed by atoms with Gasteiger partial charge in [-0.1, -0.05) is 44.2 Å². The first-order valence-electron chi connectivity index (χ1n) is 13.2. The number of piperidine rings is 1. The highest BCUT2D eigenvalue weighted by atomic mass is 16.3. The van der Waals surface area contributed by atoms with Crippen molar-refractivity contribution in [1.82, 2.24) is 14.5 Å². The standard InChI is InChI=1S/C27H39N3O3/c31-18-23(32)14-15-25-27(33)30(26-11-7-6-10-24(26)28-25)22-16-20-12-13-21(17-22)29(20)19-8-4-2-1-3-5-9-19/h6-7,10-11,19-23,31-32H,1-5,8-9,12-18H2/t20-,21+,22?,23?. The summed E-state index contributed by atoms with van der Waals surface area (Å²) in [5, 5.41) is 19.0. The fourth-order valence-corrected chi connectivity index (χ4v) is 6.85. The van der Waals surface area contributed by atoms with Gasteiger partial charge in [-0.25, -0.2) is 4.98 Å². The second kappa shape index (κ2) is 10.2. The third-order valence-corrected chi connectivity index (χ3v) is 8.41. The number of aryl methyl sites for hydroxylation is 1. The highest BCUT2D eigenvalue weighted by molar-refractivity contribution is 5.74. The number of aliphatic hydroxyl groups excluding tert-OH is 2. The van der Waals surface area contributed by atoms with Crippen LogP contribution in [0.4, 0.5) is 0 Å². The Hall–Kier alpha value is -1.76. The molecule has 0 radical (unpaired) electrons. The summed E-state index contributed by atoms with van der Waals surface area (Å²) in [6, 6.07) is 10.1. The Kier molecular flexibility index (Phi) is 7.14. The Morgan fingerprint density at radius 3 is 2.27 bits per heavy atom. The predicted molar refractivity (Wildman–Crippen MR) is 130 cm³/mol. The zero-order chi connectivity index (χ0) is 22.8. The number of nitrogens with zero attached hydrogens (tertiary/aromatic N) is 3. The van der Waals surface area contributed by atoms with Crippen molar-refractivity contribution in [3.8, 4) is 0 Å². The third kappa shape index (κ3) is 4.75. The zero-order valence-electron chi connectivity index (χ0n) is 19.7. The van der Waals surface area contributed by atoms with Gasteiger partial charge in [0.2, 0.25) is 0 Å². The van der Waals surface area contributed by atoms with Crippen LogP contribution in [0.3, 0.4) is 0 Å². The largest absolute Gasteiger partial charge is 0.394 e. The van der Waals surface area contributed by atoms with Crippen LogP contribution in [0.25, 0.3) is 11.0 Å². The molecule has 1 saturated carbocycles. The summed E-state index contributed by atoms with van der Waals surface area (Å²) in [5.74, 6) is 0. The quantitative estimate of drug-likeness (QED) is 0.692. The minimum absolute atomic E-state index is 0.0114. The lowest BCUT2D eigenvalue weighted by Gasteiger charge is -2.45. The van der Waals surface area contributed by atoms with Gasteiger partial charge < -0.3 is 14.8 Å². The lowest BCUT2D eigenvalue weighted by atomic mass is 9.89. The molecule has 2 unspecified atom stereocenters. The number of fused-ring (bicyclic) bond motifs is 3. The summed E-state index contributed by atoms with van der Waals surface area (Å²) in [7, 11) is 0. The van der Waals surface area contributed by atoms with Gasteiger partial charge >= 0.3 is 0 Å². The number of aromatic nitrogens is 2. The monoisotopic (exact) mass is 453 g/mol. The Labute approximate surface area is 196 Å². The van der Waals surface area contributed by atoms with Crippen molar-refractivity contribution in [1.29, 1.82) is 0 Å². The van der Waals surface area contributed by atoms with E-state index >= 15 is 0 Å². The second-order valence-corrected chi connectivity index (χ2v) is 10.6. The van der Waals surface area contributed by atoms with Crippen molar-refractivity contribution in [3.63, 3.8) is 0 Å². The van der Waals surface area contributed by atoms with E-state index in [1.807, 2.05) is 28.8 Å². The van der Waals surface area contributed by atoms with E-state index < -0.39 is 6.10 Å². The molecule has 1 aromatic heterocycles. The molecular weight excluding hydrogens is 414 g/mol. The van der Waals surface area contributed by atoms with Crippen LogP contribution >= 0.6 is 0 Å². The number of rotatable bonds is 6. The minimum atomic E-state index is -0.811. The lowest BCUT2D eigenvalue weighted by Crippen LogP contribution is -2.50. The second-order valence-electron chi connectivity index (χ2n) is 10.6. The molecule has 6 heteroatoms. The Bertz CT molecular complexity index is 984. The first kappa shape index (κ1) is 23.0. The first-order valence-corrected chi connectivity index (χ1v) is 13.2. The molecule has 0 amide bonds. The fraction of sp³-hybridized carbons (Fsp3) is 0.704. The van der Waals surface area contributed by atoms with Gasteiger partial charge in [-0.05, 0) is 63.5 Å². The SMILES string of the molecule is O=c1c(CCC(O)CO)nc2ccccc2n1C1C[C@H]2CC[C@@H](C1)N2C1CCCCCCC1. The molecule has 2 saturated heterocycles. The van der Waals surface area contributed by atoms with Crippen molar-refractivity contribution in [3.05, 3.63) is 40.3 Å². The minimum Gasteiger partial charge on any atom is -0.394 e. The fourth-order valence-electron chi connectivity index (χ4n) is 6.85. The van der Waals surface area contributed by atoms with Gasteiger partial charge in [-0.3, -0.25) is 9.69 Å². The van der Waals surface area contributed by atoms with Gasteiger partial charge in [0.05, 0.1) is 23.7 Å². The topological polar surface area (TPSA) is 78.6 Å². The first-order chi connectivity index (χ1) is 16.2. The van der Waals surface area contributed by atoms with E-state index in [4.69, 9.17) is 0 Å². The van der Waals surface area contributed by atoms with E-state index in [2.05, 4.69) is 9.88 Å². The molecule has 5 rings (SSSR count). The van der Waals surface area contributed by atoms with Crippen LogP contribution in [0.15, 0.2) is 29.1 Å². The molecule has 180 valence electrons. The molecular formula is C27H39N3O3. The molecule has 1 aliphatic carbocycles. The maximum Gasteiger partial charge on any atom is 0.272 e. The average molecular weight is 454 g/mol. The number of hydrogen-bond acceptors (Lipinski definition) is 5. The van der Waals surface area contributed by atoms with Crippen molar-refractivity contribution < 1.29 is 10.2 Å². The number of hydrogen-bond donors (Lipinski definition) is 2. The van der Waals surface area contributed by atoms with Crippen LogP contribution in [0.1, 0.15) is 88.8 Å². The number of benzene rings is 1. The molecule has 3 heterocycles. The van der Waals surface area contributed by atoms with Crippen LogP contribution in [0, 0.1) is 0 Å². The van der Waals surface area contributed by atoms with Gasteiger partial charge in [-0.2, -0.15) is 0 Å². The van der Waals surface area contributed by atoms with Gasteiger partial charge in [0, 0.05) is 24.2 Å². The molecule has 3 fully saturated rings. The molecule has 1 aromatic carbocycles. The molecule has 3 aliphatic rings. The maximum absolute atomic E-state index is 13.6. The summed E-state index contributed by atoms with van der Waals surface area (Å²) in [4.78, 5) is 21.2. The van der Waals surface area contributed by atoms with E-state index in [1.54, 1.807) is 0 Å². The molecule has 0 spiro atoms. The molecule has 6 nitrogen and oxygen atoms in total. The highest BCUT2D eigenvalue weighted by Gasteiger charge is 2.44. The molecule has 2 aliphatic heterocycles. The van der Waals surface area contributed by atoms with Crippen LogP contribution in [0.5, 0.6) is 0 Å².